The SMILES string of the molecule is Cc1cc(C)cc(NC(=O)Nc2ccc(O)cc2)c1. The van der Waals surface area contributed by atoms with Gasteiger partial charge in [0.2, 0.25) is 0 Å². The summed E-state index contributed by atoms with van der Waals surface area (Å²) in [4.78, 5) is 11.8. The predicted molar refractivity (Wildman–Crippen MR) is 76.7 cm³/mol. The minimum absolute atomic E-state index is 0.167. The Bertz CT molecular complexity index is 571. The van der Waals surface area contributed by atoms with Gasteiger partial charge in [0.25, 0.3) is 0 Å². The van der Waals surface area contributed by atoms with Gasteiger partial charge in [-0.05, 0) is 61.4 Å². The van der Waals surface area contributed by atoms with Crippen molar-refractivity contribution in [3.63, 3.8) is 0 Å². The van der Waals surface area contributed by atoms with Crippen LogP contribution in [0.3, 0.4) is 0 Å². The molecule has 0 heterocycles. The normalized spacial score (nSPS) is 10.0. The zero-order valence-electron chi connectivity index (χ0n) is 10.9. The highest BCUT2D eigenvalue weighted by molar-refractivity contribution is 5.99. The highest BCUT2D eigenvalue weighted by atomic mass is 16.3. The molecule has 0 fully saturated rings. The maximum absolute atomic E-state index is 11.8. The molecule has 0 aliphatic rings. The van der Waals surface area contributed by atoms with E-state index in [1.54, 1.807) is 12.1 Å². The van der Waals surface area contributed by atoms with Gasteiger partial charge in [-0.1, -0.05) is 6.07 Å². The van der Waals surface area contributed by atoms with Crippen molar-refractivity contribution >= 4 is 17.4 Å². The van der Waals surface area contributed by atoms with Crippen LogP contribution < -0.4 is 10.6 Å². The van der Waals surface area contributed by atoms with E-state index in [0.29, 0.717) is 5.69 Å². The van der Waals surface area contributed by atoms with Crippen LogP contribution in [-0.4, -0.2) is 11.1 Å². The Kier molecular flexibility index (Phi) is 3.71. The van der Waals surface area contributed by atoms with E-state index in [0.717, 1.165) is 16.8 Å². The lowest BCUT2D eigenvalue weighted by Gasteiger charge is -2.09. The maximum Gasteiger partial charge on any atom is 0.323 e. The molecule has 0 aromatic heterocycles. The van der Waals surface area contributed by atoms with E-state index in [2.05, 4.69) is 10.6 Å². The van der Waals surface area contributed by atoms with E-state index in [1.165, 1.54) is 12.1 Å². The first kappa shape index (κ1) is 13.0. The predicted octanol–water partition coefficient (Wildman–Crippen LogP) is 3.65. The van der Waals surface area contributed by atoms with E-state index < -0.39 is 0 Å². The van der Waals surface area contributed by atoms with Crippen molar-refractivity contribution < 1.29 is 9.90 Å². The fourth-order valence-electron chi connectivity index (χ4n) is 1.89. The lowest BCUT2D eigenvalue weighted by Crippen LogP contribution is -2.19. The number of phenolic OH excluding ortho intramolecular Hbond substituents is 1. The number of benzene rings is 2. The fraction of sp³-hybridized carbons (Fsp3) is 0.133. The molecule has 0 unspecified atom stereocenters. The van der Waals surface area contributed by atoms with Crippen LogP contribution in [0.5, 0.6) is 5.75 Å². The summed E-state index contributed by atoms with van der Waals surface area (Å²) >= 11 is 0. The highest BCUT2D eigenvalue weighted by Gasteiger charge is 2.03. The van der Waals surface area contributed by atoms with Gasteiger partial charge in [0.15, 0.2) is 0 Å². The maximum atomic E-state index is 11.8. The van der Waals surface area contributed by atoms with Crippen LogP contribution in [-0.2, 0) is 0 Å². The number of amides is 2. The number of carbonyl (C=O) groups excluding carboxylic acids is 1. The van der Waals surface area contributed by atoms with Crippen molar-refractivity contribution in [3.05, 3.63) is 53.6 Å². The van der Waals surface area contributed by atoms with Crippen LogP contribution in [0.25, 0.3) is 0 Å². The van der Waals surface area contributed by atoms with Crippen LogP contribution in [0, 0.1) is 13.8 Å². The molecule has 0 spiro atoms. The molecule has 4 nitrogen and oxygen atoms in total. The second-order valence-corrected chi connectivity index (χ2v) is 4.50. The number of nitrogens with one attached hydrogen (secondary N) is 2. The Morgan fingerprint density at radius 2 is 1.42 bits per heavy atom. The third-order valence-corrected chi connectivity index (χ3v) is 2.60. The second-order valence-electron chi connectivity index (χ2n) is 4.50. The summed E-state index contributed by atoms with van der Waals surface area (Å²) < 4.78 is 0. The van der Waals surface area contributed by atoms with Crippen molar-refractivity contribution in [3.8, 4) is 5.75 Å². The van der Waals surface area contributed by atoms with Gasteiger partial charge >= 0.3 is 6.03 Å². The summed E-state index contributed by atoms with van der Waals surface area (Å²) in [5.41, 5.74) is 3.58. The molecule has 4 heteroatoms. The van der Waals surface area contributed by atoms with Gasteiger partial charge in [-0.15, -0.1) is 0 Å². The van der Waals surface area contributed by atoms with Gasteiger partial charge in [-0.25, -0.2) is 4.79 Å². The summed E-state index contributed by atoms with van der Waals surface area (Å²) in [6.07, 6.45) is 0. The van der Waals surface area contributed by atoms with E-state index in [9.17, 15) is 4.79 Å². The molecular formula is C15H16N2O2. The van der Waals surface area contributed by atoms with Gasteiger partial charge in [0.05, 0.1) is 0 Å². The summed E-state index contributed by atoms with van der Waals surface area (Å²) in [7, 11) is 0. The molecule has 0 aliphatic carbocycles. The molecule has 3 N–H and O–H groups in total. The average Bonchev–Trinajstić information content (AvgIpc) is 2.30. The number of rotatable bonds is 2. The largest absolute Gasteiger partial charge is 0.508 e. The lowest BCUT2D eigenvalue weighted by molar-refractivity contribution is 0.262. The van der Waals surface area contributed by atoms with Gasteiger partial charge in [-0.3, -0.25) is 0 Å². The number of phenols is 1. The van der Waals surface area contributed by atoms with Gasteiger partial charge in [0.1, 0.15) is 5.75 Å². The smallest absolute Gasteiger partial charge is 0.323 e. The van der Waals surface area contributed by atoms with Crippen molar-refractivity contribution in [2.45, 2.75) is 13.8 Å². The zero-order valence-corrected chi connectivity index (χ0v) is 10.9. The average molecular weight is 256 g/mol. The third-order valence-electron chi connectivity index (χ3n) is 2.60. The molecule has 19 heavy (non-hydrogen) atoms. The molecule has 0 bridgehead atoms. The van der Waals surface area contributed by atoms with E-state index in [4.69, 9.17) is 5.11 Å². The van der Waals surface area contributed by atoms with Crippen LogP contribution >= 0.6 is 0 Å². The number of aryl methyl sites for hydroxylation is 2. The zero-order chi connectivity index (χ0) is 13.8. The van der Waals surface area contributed by atoms with Crippen LogP contribution in [0.1, 0.15) is 11.1 Å². The molecule has 0 saturated heterocycles. The van der Waals surface area contributed by atoms with E-state index in [1.807, 2.05) is 32.0 Å². The molecule has 2 aromatic rings. The summed E-state index contributed by atoms with van der Waals surface area (Å²) in [5, 5.41) is 14.6. The van der Waals surface area contributed by atoms with Crippen LogP contribution in [0.15, 0.2) is 42.5 Å². The Hall–Kier alpha value is -2.49. The van der Waals surface area contributed by atoms with Gasteiger partial charge < -0.3 is 15.7 Å². The standard InChI is InChI=1S/C15H16N2O2/c1-10-7-11(2)9-13(8-10)17-15(19)16-12-3-5-14(18)6-4-12/h3-9,18H,1-2H3,(H2,16,17,19). The second kappa shape index (κ2) is 5.44. The molecule has 2 rings (SSSR count). The minimum atomic E-state index is -0.310. The first-order valence-electron chi connectivity index (χ1n) is 5.98. The molecule has 0 atom stereocenters. The fourth-order valence-corrected chi connectivity index (χ4v) is 1.89. The molecular weight excluding hydrogens is 240 g/mol. The summed E-state index contributed by atoms with van der Waals surface area (Å²) in [6.45, 7) is 3.96. The Labute approximate surface area is 112 Å². The number of carbonyl (C=O) groups is 1. The first-order chi connectivity index (χ1) is 9.02. The van der Waals surface area contributed by atoms with Gasteiger partial charge in [0, 0.05) is 11.4 Å². The molecule has 0 saturated carbocycles. The minimum Gasteiger partial charge on any atom is -0.508 e. The number of anilines is 2. The number of hydrogen-bond acceptors (Lipinski definition) is 2. The third kappa shape index (κ3) is 3.74. The molecule has 0 aliphatic heterocycles. The molecule has 2 amide bonds. The van der Waals surface area contributed by atoms with E-state index in [-0.39, 0.29) is 11.8 Å². The number of aromatic hydroxyl groups is 1. The summed E-state index contributed by atoms with van der Waals surface area (Å²) in [6, 6.07) is 11.9. The summed E-state index contributed by atoms with van der Waals surface area (Å²) in [5.74, 6) is 0.167. The molecule has 2 aromatic carbocycles. The van der Waals surface area contributed by atoms with Crippen molar-refractivity contribution in [1.82, 2.24) is 0 Å². The van der Waals surface area contributed by atoms with E-state index >= 15 is 0 Å². The van der Waals surface area contributed by atoms with Crippen molar-refractivity contribution in [2.75, 3.05) is 10.6 Å². The molecule has 98 valence electrons. The Morgan fingerprint density at radius 1 is 0.895 bits per heavy atom. The number of urea groups is 1. The Morgan fingerprint density at radius 3 is 2.00 bits per heavy atom. The topological polar surface area (TPSA) is 61.4 Å². The monoisotopic (exact) mass is 256 g/mol. The van der Waals surface area contributed by atoms with Crippen LogP contribution in [0.4, 0.5) is 16.2 Å². The van der Waals surface area contributed by atoms with Gasteiger partial charge in [-0.2, -0.15) is 0 Å². The highest BCUT2D eigenvalue weighted by Crippen LogP contribution is 2.16. The lowest BCUT2D eigenvalue weighted by atomic mass is 10.1. The first-order valence-corrected chi connectivity index (χ1v) is 5.98. The Balaban J connectivity index is 2.03. The number of hydrogen-bond donors (Lipinski definition) is 3. The van der Waals surface area contributed by atoms with Crippen LogP contribution in [0.2, 0.25) is 0 Å². The van der Waals surface area contributed by atoms with Crippen molar-refractivity contribution in [2.24, 2.45) is 0 Å². The molecule has 0 radical (unpaired) electrons. The quantitative estimate of drug-likeness (QED) is 0.718. The van der Waals surface area contributed by atoms with Crippen molar-refractivity contribution in [1.29, 1.82) is 0 Å².